The number of fused-ring (bicyclic) bond motifs is 2. The minimum absolute atomic E-state index is 0.00205. The minimum Gasteiger partial charge on any atom is -0.394 e. The molecule has 25 heavy (non-hydrogen) atoms. The van der Waals surface area contributed by atoms with E-state index in [1.54, 1.807) is 0 Å². The first-order chi connectivity index (χ1) is 11.9. The van der Waals surface area contributed by atoms with Gasteiger partial charge in [0, 0.05) is 11.8 Å². The van der Waals surface area contributed by atoms with Crippen LogP contribution in [0, 0.1) is 34.0 Å². The van der Waals surface area contributed by atoms with Gasteiger partial charge in [0.15, 0.2) is 5.78 Å². The Hall–Kier alpha value is -1.00. The number of carbonyl (C=O) groups excluding carboxylic acids is 2. The molecule has 1 heterocycles. The van der Waals surface area contributed by atoms with E-state index in [4.69, 9.17) is 4.74 Å². The maximum atomic E-state index is 13.4. The summed E-state index contributed by atoms with van der Waals surface area (Å²) in [5.74, 6) is 0.666. The van der Waals surface area contributed by atoms with E-state index < -0.39 is 5.41 Å². The van der Waals surface area contributed by atoms with Crippen molar-refractivity contribution in [1.82, 2.24) is 0 Å². The second kappa shape index (κ2) is 4.83. The Kier molecular flexibility index (Phi) is 3.13. The van der Waals surface area contributed by atoms with Gasteiger partial charge in [-0.25, -0.2) is 0 Å². The van der Waals surface area contributed by atoms with Gasteiger partial charge in [0.25, 0.3) is 0 Å². The molecule has 3 unspecified atom stereocenters. The highest BCUT2D eigenvalue weighted by atomic mass is 16.5. The molecule has 1 aliphatic heterocycles. The quantitative estimate of drug-likeness (QED) is 0.587. The van der Waals surface area contributed by atoms with E-state index in [-0.39, 0.29) is 52.9 Å². The molecule has 4 nitrogen and oxygen atoms in total. The maximum absolute atomic E-state index is 13.4. The lowest BCUT2D eigenvalue weighted by molar-refractivity contribution is -0.273. The summed E-state index contributed by atoms with van der Waals surface area (Å²) in [5, 5.41) is 10.2. The molecule has 7 atom stereocenters. The van der Waals surface area contributed by atoms with Crippen molar-refractivity contribution in [2.45, 2.75) is 58.0 Å². The van der Waals surface area contributed by atoms with Gasteiger partial charge in [-0.2, -0.15) is 0 Å². The Morgan fingerprint density at radius 2 is 2.04 bits per heavy atom. The summed E-state index contributed by atoms with van der Waals surface area (Å²) in [6.07, 6.45) is 5.88. The zero-order valence-corrected chi connectivity index (χ0v) is 15.1. The van der Waals surface area contributed by atoms with Gasteiger partial charge in [-0.3, -0.25) is 9.59 Å². The van der Waals surface area contributed by atoms with Crippen molar-refractivity contribution >= 4 is 11.6 Å². The van der Waals surface area contributed by atoms with E-state index in [0.29, 0.717) is 25.0 Å². The lowest BCUT2D eigenvalue weighted by Crippen LogP contribution is -2.73. The first kappa shape index (κ1) is 16.2. The number of Topliss-reactive ketones (excluding diaryl/α,β-unsaturated/α-hetero) is 2. The van der Waals surface area contributed by atoms with Crippen molar-refractivity contribution in [3.63, 3.8) is 0 Å². The highest BCUT2D eigenvalue weighted by Crippen LogP contribution is 2.72. The third-order valence-corrected chi connectivity index (χ3v) is 8.95. The predicted octanol–water partition coefficient (Wildman–Crippen LogP) is 2.68. The third-order valence-electron chi connectivity index (χ3n) is 8.95. The predicted molar refractivity (Wildman–Crippen MR) is 91.7 cm³/mol. The van der Waals surface area contributed by atoms with Gasteiger partial charge in [0.2, 0.25) is 0 Å². The van der Waals surface area contributed by atoms with Crippen LogP contribution in [0.3, 0.4) is 0 Å². The molecule has 5 saturated carbocycles. The van der Waals surface area contributed by atoms with E-state index in [1.807, 2.05) is 0 Å². The molecule has 6 fully saturated rings. The number of aliphatic hydroxyl groups excluding tert-OH is 1. The molecular formula is C21H28O4. The fourth-order valence-corrected chi connectivity index (χ4v) is 7.85. The number of hydrogen-bond acceptors (Lipinski definition) is 4. The fraction of sp³-hybridized carbons (Fsp3) is 0.810. The van der Waals surface area contributed by atoms with Crippen LogP contribution in [-0.4, -0.2) is 36.0 Å². The molecule has 0 radical (unpaired) electrons. The molecule has 4 heteroatoms. The summed E-state index contributed by atoms with van der Waals surface area (Å²) in [5.41, 5.74) is -0.406. The summed E-state index contributed by atoms with van der Waals surface area (Å²) < 4.78 is 6.21. The number of aliphatic hydroxyl groups is 1. The molecule has 0 aromatic carbocycles. The summed E-state index contributed by atoms with van der Waals surface area (Å²) in [6, 6.07) is 0. The molecule has 0 aromatic heterocycles. The third kappa shape index (κ3) is 1.63. The smallest absolute Gasteiger partial charge is 0.172 e. The number of hydrogen-bond donors (Lipinski definition) is 1. The Labute approximate surface area is 149 Å². The zero-order valence-electron chi connectivity index (χ0n) is 15.1. The maximum Gasteiger partial charge on any atom is 0.172 e. The first-order valence-electron chi connectivity index (χ1n) is 9.89. The highest BCUT2D eigenvalue weighted by molar-refractivity contribution is 6.16. The molecule has 136 valence electrons. The molecule has 1 N–H and O–H groups in total. The number of ketones is 2. The average Bonchev–Trinajstić information content (AvgIpc) is 2.60. The Morgan fingerprint density at radius 1 is 1.24 bits per heavy atom. The van der Waals surface area contributed by atoms with Crippen LogP contribution in [0.25, 0.3) is 0 Å². The number of rotatable bonds is 1. The van der Waals surface area contributed by atoms with Gasteiger partial charge >= 0.3 is 0 Å². The van der Waals surface area contributed by atoms with Crippen molar-refractivity contribution in [3.05, 3.63) is 12.2 Å². The van der Waals surface area contributed by atoms with Crippen molar-refractivity contribution < 1.29 is 19.4 Å². The van der Waals surface area contributed by atoms with Crippen molar-refractivity contribution in [2.75, 3.05) is 13.2 Å². The minimum atomic E-state index is -0.866. The van der Waals surface area contributed by atoms with Crippen LogP contribution < -0.4 is 0 Å². The van der Waals surface area contributed by atoms with Gasteiger partial charge in [-0.15, -0.1) is 0 Å². The molecule has 1 spiro atoms. The van der Waals surface area contributed by atoms with Crippen LogP contribution in [0.1, 0.15) is 51.9 Å². The molecule has 5 aliphatic carbocycles. The van der Waals surface area contributed by atoms with E-state index in [2.05, 4.69) is 13.5 Å². The fourth-order valence-electron chi connectivity index (χ4n) is 7.85. The Morgan fingerprint density at radius 3 is 2.80 bits per heavy atom. The van der Waals surface area contributed by atoms with Crippen LogP contribution >= 0.6 is 0 Å². The van der Waals surface area contributed by atoms with E-state index in [1.165, 1.54) is 0 Å². The monoisotopic (exact) mass is 344 g/mol. The van der Waals surface area contributed by atoms with Crippen molar-refractivity contribution in [2.24, 2.45) is 34.0 Å². The zero-order chi connectivity index (χ0) is 17.6. The summed E-state index contributed by atoms with van der Waals surface area (Å²) >= 11 is 0. The molecule has 0 amide bonds. The lowest BCUT2D eigenvalue weighted by Gasteiger charge is -2.70. The van der Waals surface area contributed by atoms with Gasteiger partial charge in [-0.05, 0) is 60.8 Å². The summed E-state index contributed by atoms with van der Waals surface area (Å²) in [7, 11) is 0. The molecule has 4 bridgehead atoms. The number of ether oxygens (including phenoxy) is 1. The van der Waals surface area contributed by atoms with Crippen LogP contribution in [0.4, 0.5) is 0 Å². The largest absolute Gasteiger partial charge is 0.394 e. The van der Waals surface area contributed by atoms with Crippen LogP contribution in [0.5, 0.6) is 0 Å². The second-order valence-electron chi connectivity index (χ2n) is 9.63. The van der Waals surface area contributed by atoms with E-state index >= 15 is 0 Å². The molecular weight excluding hydrogens is 316 g/mol. The number of allylic oxidation sites excluding steroid dienone is 1. The van der Waals surface area contributed by atoms with E-state index in [9.17, 15) is 14.7 Å². The summed E-state index contributed by atoms with van der Waals surface area (Å²) in [6.45, 7) is 6.93. The second-order valence-corrected chi connectivity index (χ2v) is 9.63. The van der Waals surface area contributed by atoms with Crippen LogP contribution in [-0.2, 0) is 14.3 Å². The van der Waals surface area contributed by atoms with Gasteiger partial charge in [0.05, 0.1) is 24.7 Å². The van der Waals surface area contributed by atoms with Crippen LogP contribution in [0.15, 0.2) is 12.2 Å². The number of carbonyl (C=O) groups is 2. The van der Waals surface area contributed by atoms with E-state index in [0.717, 1.165) is 32.1 Å². The van der Waals surface area contributed by atoms with Crippen molar-refractivity contribution in [3.8, 4) is 0 Å². The lowest BCUT2D eigenvalue weighted by atomic mass is 9.34. The SMILES string of the molecule is C=C1C(=O)[C@]23CC[C@H]1CC2[C@@]12CCC[C@@](C)(COC1CO)C2CC3=O. The normalized spacial score (nSPS) is 54.2. The summed E-state index contributed by atoms with van der Waals surface area (Å²) in [4.78, 5) is 26.7. The highest BCUT2D eigenvalue weighted by Gasteiger charge is 2.74. The average molecular weight is 344 g/mol. The first-order valence-corrected chi connectivity index (χ1v) is 9.89. The molecule has 1 saturated heterocycles. The van der Waals surface area contributed by atoms with Gasteiger partial charge < -0.3 is 9.84 Å². The Balaban J connectivity index is 1.72. The molecule has 6 rings (SSSR count). The Bertz CT molecular complexity index is 683. The molecule has 6 aliphatic rings. The van der Waals surface area contributed by atoms with Gasteiger partial charge in [0.1, 0.15) is 5.78 Å². The standard InChI is InChI=1S/C21H28O4/c1-12-13-4-7-21(18(12)24)15(8-13)20-6-3-5-19(2,11-25-17(20)10-22)14(20)9-16(21)23/h13-15,17,22H,1,3-11H2,2H3/t13-,14?,15?,17?,19-,20-,21+/m0/s1. The van der Waals surface area contributed by atoms with Gasteiger partial charge in [-0.1, -0.05) is 19.9 Å². The van der Waals surface area contributed by atoms with Crippen LogP contribution in [0.2, 0.25) is 0 Å². The van der Waals surface area contributed by atoms with Crippen molar-refractivity contribution in [1.29, 1.82) is 0 Å². The topological polar surface area (TPSA) is 63.6 Å². The molecule has 0 aromatic rings.